The second-order valence-electron chi connectivity index (χ2n) is 9.87. The van der Waals surface area contributed by atoms with Gasteiger partial charge < -0.3 is 5.41 Å². The summed E-state index contributed by atoms with van der Waals surface area (Å²) in [5.74, 6) is 0.867. The first-order chi connectivity index (χ1) is 19.8. The van der Waals surface area contributed by atoms with Crippen LogP contribution in [0, 0.1) is 5.41 Å². The first-order valence-electron chi connectivity index (χ1n) is 13.4. The number of nitrogens with one attached hydrogen (secondary N) is 1. The van der Waals surface area contributed by atoms with Gasteiger partial charge in [0.2, 0.25) is 0 Å². The molecule has 0 saturated heterocycles. The van der Waals surface area contributed by atoms with E-state index in [0.717, 1.165) is 75.0 Å². The molecule has 0 fully saturated rings. The van der Waals surface area contributed by atoms with Crippen LogP contribution in [0.4, 0.5) is 13.2 Å². The van der Waals surface area contributed by atoms with Crippen molar-refractivity contribution in [2.45, 2.75) is 31.7 Å². The molecular weight excluding hydrogens is 537 g/mol. The topological polar surface area (TPSA) is 36.7 Å². The van der Waals surface area contributed by atoms with Gasteiger partial charge in [-0.3, -0.25) is 4.98 Å². The van der Waals surface area contributed by atoms with Crippen LogP contribution in [0.5, 0.6) is 0 Å². The molecule has 206 valence electrons. The molecule has 0 saturated carbocycles. The average Bonchev–Trinajstić information content (AvgIpc) is 3.00. The molecule has 0 atom stereocenters. The number of pyridine rings is 1. The number of fused-ring (bicyclic) bond motifs is 1. The summed E-state index contributed by atoms with van der Waals surface area (Å²) < 4.78 is 38.6. The third kappa shape index (κ3) is 7.14. The molecular formula is C35H29F3N2S. The van der Waals surface area contributed by atoms with E-state index in [1.165, 1.54) is 28.8 Å². The largest absolute Gasteiger partial charge is 0.416 e. The van der Waals surface area contributed by atoms with Gasteiger partial charge in [-0.2, -0.15) is 13.2 Å². The highest BCUT2D eigenvalue weighted by Gasteiger charge is 2.29. The van der Waals surface area contributed by atoms with Crippen LogP contribution in [0.1, 0.15) is 30.9 Å². The second-order valence-corrected chi connectivity index (χ2v) is 11.1. The van der Waals surface area contributed by atoms with Crippen molar-refractivity contribution in [2.24, 2.45) is 0 Å². The predicted molar refractivity (Wildman–Crippen MR) is 166 cm³/mol. The Morgan fingerprint density at radius 1 is 0.732 bits per heavy atom. The smallest absolute Gasteiger partial charge is 0.313 e. The number of hydrogen-bond donors (Lipinski definition) is 1. The van der Waals surface area contributed by atoms with Crippen LogP contribution in [0.3, 0.4) is 0 Å². The number of unbranched alkanes of at least 4 members (excludes halogenated alkanes) is 1. The Kier molecular flexibility index (Phi) is 8.70. The van der Waals surface area contributed by atoms with E-state index in [2.05, 4.69) is 61.5 Å². The number of alkyl halides is 3. The number of thioether (sulfide) groups is 1. The number of nitrogens with zero attached hydrogens (tertiary/aromatic N) is 1. The lowest BCUT2D eigenvalue weighted by molar-refractivity contribution is -0.137. The van der Waals surface area contributed by atoms with Crippen molar-refractivity contribution < 1.29 is 13.2 Å². The van der Waals surface area contributed by atoms with E-state index in [4.69, 9.17) is 10.4 Å². The molecule has 0 aliphatic heterocycles. The summed E-state index contributed by atoms with van der Waals surface area (Å²) in [5, 5.41) is 9.37. The number of allylic oxidation sites excluding steroid dienone is 2. The van der Waals surface area contributed by atoms with Gasteiger partial charge in [0.25, 0.3) is 0 Å². The normalized spacial score (nSPS) is 12.0. The third-order valence-electron chi connectivity index (χ3n) is 6.93. The fraction of sp³-hybridized carbons (Fsp3) is 0.143. The van der Waals surface area contributed by atoms with Crippen molar-refractivity contribution >= 4 is 28.7 Å². The summed E-state index contributed by atoms with van der Waals surface area (Å²) in [6.45, 7) is 2.11. The maximum absolute atomic E-state index is 12.9. The maximum atomic E-state index is 12.9. The second kappa shape index (κ2) is 12.6. The molecule has 0 aliphatic carbocycles. The standard InChI is InChI=1S/C35H29F3N2S/c1-24(4-2-3-19-39)41-23-25-5-18-34(40-22-25)32-13-12-30-20-29(10-11-31(30)21-32)28-8-6-26(7-9-28)27-14-16-33(17-15-27)35(36,37)38/h4-22,39H,2-3,23H2,1H3/b24-4+,39-19?. The molecule has 0 amide bonds. The minimum Gasteiger partial charge on any atom is -0.313 e. The Hall–Kier alpha value is -4.16. The lowest BCUT2D eigenvalue weighted by Gasteiger charge is -2.09. The zero-order chi connectivity index (χ0) is 28.8. The Bertz CT molecular complexity index is 1670. The lowest BCUT2D eigenvalue weighted by Crippen LogP contribution is -2.03. The van der Waals surface area contributed by atoms with Gasteiger partial charge in [-0.05, 0) is 99.8 Å². The van der Waals surface area contributed by atoms with E-state index in [1.54, 1.807) is 11.8 Å². The van der Waals surface area contributed by atoms with Crippen molar-refractivity contribution in [1.82, 2.24) is 4.98 Å². The first-order valence-corrected chi connectivity index (χ1v) is 14.3. The molecule has 1 N–H and O–H groups in total. The fourth-order valence-electron chi connectivity index (χ4n) is 4.60. The monoisotopic (exact) mass is 566 g/mol. The van der Waals surface area contributed by atoms with Crippen LogP contribution in [0.2, 0.25) is 0 Å². The minimum absolute atomic E-state index is 0.644. The number of hydrogen-bond acceptors (Lipinski definition) is 3. The molecule has 1 aromatic heterocycles. The average molecular weight is 567 g/mol. The first kappa shape index (κ1) is 28.4. The fourth-order valence-corrected chi connectivity index (χ4v) is 5.40. The number of benzene rings is 4. The summed E-state index contributed by atoms with van der Waals surface area (Å²) in [5.41, 5.74) is 6.26. The summed E-state index contributed by atoms with van der Waals surface area (Å²) in [7, 11) is 0. The van der Waals surface area contributed by atoms with E-state index >= 15 is 0 Å². The van der Waals surface area contributed by atoms with E-state index in [9.17, 15) is 13.2 Å². The zero-order valence-corrected chi connectivity index (χ0v) is 23.4. The van der Waals surface area contributed by atoms with Gasteiger partial charge in [-0.15, -0.1) is 11.8 Å². The maximum Gasteiger partial charge on any atom is 0.416 e. The molecule has 4 aromatic carbocycles. The Balaban J connectivity index is 1.27. The molecule has 0 spiro atoms. The summed E-state index contributed by atoms with van der Waals surface area (Å²) in [6, 6.07) is 30.0. The SMILES string of the molecule is C/C(=C\CCC=N)SCc1ccc(-c2ccc3cc(-c4ccc(-c5ccc(C(F)(F)F)cc5)cc4)ccc3c2)nc1. The molecule has 0 unspecified atom stereocenters. The van der Waals surface area contributed by atoms with Crippen molar-refractivity contribution in [2.75, 3.05) is 0 Å². The van der Waals surface area contributed by atoms with Crippen LogP contribution < -0.4 is 0 Å². The van der Waals surface area contributed by atoms with Gasteiger partial charge in [0, 0.05) is 17.5 Å². The van der Waals surface area contributed by atoms with Crippen LogP contribution in [-0.4, -0.2) is 11.2 Å². The quantitative estimate of drug-likeness (QED) is 0.142. The van der Waals surface area contributed by atoms with Crippen LogP contribution in [0.25, 0.3) is 44.3 Å². The van der Waals surface area contributed by atoms with Crippen molar-refractivity contribution in [3.63, 3.8) is 0 Å². The highest BCUT2D eigenvalue weighted by molar-refractivity contribution is 8.02. The van der Waals surface area contributed by atoms with Crippen LogP contribution in [-0.2, 0) is 11.9 Å². The van der Waals surface area contributed by atoms with Crippen molar-refractivity contribution in [3.05, 3.63) is 125 Å². The van der Waals surface area contributed by atoms with Gasteiger partial charge >= 0.3 is 6.18 Å². The Morgan fingerprint density at radius 3 is 1.88 bits per heavy atom. The molecule has 6 heteroatoms. The summed E-state index contributed by atoms with van der Waals surface area (Å²) in [6.07, 6.45) is 2.91. The minimum atomic E-state index is -4.33. The van der Waals surface area contributed by atoms with Gasteiger partial charge in [0.05, 0.1) is 11.3 Å². The number of halogens is 3. The molecule has 41 heavy (non-hydrogen) atoms. The van der Waals surface area contributed by atoms with Crippen molar-refractivity contribution in [3.8, 4) is 33.5 Å². The predicted octanol–water partition coefficient (Wildman–Crippen LogP) is 10.8. The molecule has 1 heterocycles. The summed E-state index contributed by atoms with van der Waals surface area (Å²) in [4.78, 5) is 5.97. The van der Waals surface area contributed by atoms with Gasteiger partial charge in [0.15, 0.2) is 0 Å². The van der Waals surface area contributed by atoms with E-state index < -0.39 is 11.7 Å². The van der Waals surface area contributed by atoms with Gasteiger partial charge in [-0.1, -0.05) is 72.8 Å². The number of aromatic nitrogens is 1. The highest BCUT2D eigenvalue weighted by Crippen LogP contribution is 2.33. The number of rotatable bonds is 9. The van der Waals surface area contributed by atoms with E-state index in [0.29, 0.717) is 0 Å². The molecule has 0 bridgehead atoms. The third-order valence-corrected chi connectivity index (χ3v) is 8.03. The lowest BCUT2D eigenvalue weighted by atomic mass is 9.97. The van der Waals surface area contributed by atoms with Crippen molar-refractivity contribution in [1.29, 1.82) is 5.41 Å². The highest BCUT2D eigenvalue weighted by atomic mass is 32.2. The van der Waals surface area contributed by atoms with E-state index in [-0.39, 0.29) is 0 Å². The molecule has 0 radical (unpaired) electrons. The molecule has 5 aromatic rings. The molecule has 0 aliphatic rings. The Labute approximate surface area is 242 Å². The van der Waals surface area contributed by atoms with E-state index in [1.807, 2.05) is 30.5 Å². The van der Waals surface area contributed by atoms with Gasteiger partial charge in [0.1, 0.15) is 0 Å². The zero-order valence-electron chi connectivity index (χ0n) is 22.6. The Morgan fingerprint density at radius 2 is 1.29 bits per heavy atom. The molecule has 2 nitrogen and oxygen atoms in total. The van der Waals surface area contributed by atoms with Crippen LogP contribution in [0.15, 0.2) is 114 Å². The summed E-state index contributed by atoms with van der Waals surface area (Å²) >= 11 is 1.79. The van der Waals surface area contributed by atoms with Gasteiger partial charge in [-0.25, -0.2) is 0 Å². The molecule has 5 rings (SSSR count). The van der Waals surface area contributed by atoms with Crippen LogP contribution >= 0.6 is 11.8 Å².